The predicted octanol–water partition coefficient (Wildman–Crippen LogP) is 2.82. The van der Waals surface area contributed by atoms with Crippen LogP contribution in [0, 0.1) is 12.7 Å². The molecule has 9 nitrogen and oxygen atoms in total. The Balaban J connectivity index is 2.05. The number of aromatic nitrogens is 5. The zero-order valence-corrected chi connectivity index (χ0v) is 19.7. The summed E-state index contributed by atoms with van der Waals surface area (Å²) in [5.74, 6) is -0.303. The maximum atomic E-state index is 15.3. The fourth-order valence-electron chi connectivity index (χ4n) is 4.07. The summed E-state index contributed by atoms with van der Waals surface area (Å²) < 4.78 is 24.2. The summed E-state index contributed by atoms with van der Waals surface area (Å²) in [5, 5.41) is 14.3. The Hall–Kier alpha value is -3.79. The van der Waals surface area contributed by atoms with E-state index in [1.54, 1.807) is 25.4 Å². The van der Waals surface area contributed by atoms with E-state index in [0.29, 0.717) is 17.0 Å². The van der Waals surface area contributed by atoms with Crippen LogP contribution in [0.1, 0.15) is 43.6 Å². The molecule has 0 aliphatic rings. The van der Waals surface area contributed by atoms with Gasteiger partial charge in [0.1, 0.15) is 18.1 Å². The van der Waals surface area contributed by atoms with Crippen LogP contribution in [0.4, 0.5) is 4.39 Å². The van der Waals surface area contributed by atoms with Crippen molar-refractivity contribution in [2.45, 2.75) is 46.8 Å². The topological polar surface area (TPSA) is 104 Å². The van der Waals surface area contributed by atoms with Gasteiger partial charge in [0, 0.05) is 25.0 Å². The summed E-state index contributed by atoms with van der Waals surface area (Å²) in [5.41, 5.74) is 1.06. The van der Waals surface area contributed by atoms with E-state index in [2.05, 4.69) is 10.1 Å². The van der Waals surface area contributed by atoms with E-state index in [0.717, 1.165) is 21.9 Å². The van der Waals surface area contributed by atoms with Crippen molar-refractivity contribution in [1.29, 1.82) is 0 Å². The van der Waals surface area contributed by atoms with Crippen molar-refractivity contribution in [3.63, 3.8) is 0 Å². The van der Waals surface area contributed by atoms with E-state index in [-0.39, 0.29) is 29.4 Å². The van der Waals surface area contributed by atoms with E-state index in [4.69, 9.17) is 4.74 Å². The molecular formula is C24H26FN5O4. The first-order valence-electron chi connectivity index (χ1n) is 10.9. The van der Waals surface area contributed by atoms with Gasteiger partial charge in [-0.05, 0) is 48.4 Å². The number of aliphatic hydroxyl groups excluding tert-OH is 1. The van der Waals surface area contributed by atoms with E-state index in [1.165, 1.54) is 22.3 Å². The number of hydrogen-bond donors (Lipinski definition) is 1. The molecule has 0 unspecified atom stereocenters. The molecule has 178 valence electrons. The first-order valence-corrected chi connectivity index (χ1v) is 10.9. The van der Waals surface area contributed by atoms with Gasteiger partial charge >= 0.3 is 5.69 Å². The fourth-order valence-corrected chi connectivity index (χ4v) is 4.07. The molecule has 1 N–H and O–H groups in total. The zero-order valence-electron chi connectivity index (χ0n) is 19.7. The summed E-state index contributed by atoms with van der Waals surface area (Å²) >= 11 is 0. The van der Waals surface area contributed by atoms with Crippen molar-refractivity contribution in [2.75, 3.05) is 7.11 Å². The van der Waals surface area contributed by atoms with Gasteiger partial charge in [-0.1, -0.05) is 13.8 Å². The van der Waals surface area contributed by atoms with E-state index < -0.39 is 23.7 Å². The molecule has 1 aromatic carbocycles. The highest BCUT2D eigenvalue weighted by Crippen LogP contribution is 2.29. The predicted molar refractivity (Wildman–Crippen MR) is 126 cm³/mol. The Labute approximate surface area is 194 Å². The van der Waals surface area contributed by atoms with Crippen LogP contribution in [0.15, 0.2) is 40.2 Å². The molecule has 0 radical (unpaired) electrons. The number of benzene rings is 1. The van der Waals surface area contributed by atoms with Crippen LogP contribution in [-0.2, 0) is 13.2 Å². The third-order valence-electron chi connectivity index (χ3n) is 5.88. The maximum absolute atomic E-state index is 15.3. The molecule has 3 heterocycles. The molecule has 0 spiro atoms. The highest BCUT2D eigenvalue weighted by Gasteiger charge is 2.21. The van der Waals surface area contributed by atoms with Gasteiger partial charge in [0.25, 0.3) is 5.56 Å². The number of nitrogens with zero attached hydrogens (tertiary/aromatic N) is 5. The highest BCUT2D eigenvalue weighted by atomic mass is 19.1. The average Bonchev–Trinajstić information content (AvgIpc) is 3.14. The molecule has 0 fully saturated rings. The third kappa shape index (κ3) is 3.69. The summed E-state index contributed by atoms with van der Waals surface area (Å²) in [7, 11) is 1.49. The van der Waals surface area contributed by atoms with Crippen LogP contribution in [0.5, 0.6) is 5.88 Å². The van der Waals surface area contributed by atoms with Gasteiger partial charge in [-0.15, -0.1) is 5.10 Å². The van der Waals surface area contributed by atoms with Crippen molar-refractivity contribution in [2.24, 2.45) is 0 Å². The van der Waals surface area contributed by atoms with E-state index >= 15 is 4.39 Å². The quantitative estimate of drug-likeness (QED) is 0.468. The molecule has 0 bridgehead atoms. The van der Waals surface area contributed by atoms with Gasteiger partial charge in [0.15, 0.2) is 5.82 Å². The summed E-state index contributed by atoms with van der Waals surface area (Å²) in [6.45, 7) is 7.32. The van der Waals surface area contributed by atoms with Crippen LogP contribution in [0.3, 0.4) is 0 Å². The third-order valence-corrected chi connectivity index (χ3v) is 5.88. The van der Waals surface area contributed by atoms with Crippen molar-refractivity contribution < 1.29 is 14.2 Å². The Morgan fingerprint density at radius 1 is 1.15 bits per heavy atom. The number of ether oxygens (including phenoxy) is 1. The number of aliphatic hydroxyl groups is 1. The Morgan fingerprint density at radius 3 is 2.47 bits per heavy atom. The maximum Gasteiger partial charge on any atom is 0.350 e. The Kier molecular flexibility index (Phi) is 6.09. The van der Waals surface area contributed by atoms with Gasteiger partial charge < -0.3 is 9.84 Å². The van der Waals surface area contributed by atoms with Crippen LogP contribution in [0.2, 0.25) is 0 Å². The number of rotatable bonds is 6. The summed E-state index contributed by atoms with van der Waals surface area (Å²) in [6, 6.07) is 4.27. The molecule has 3 aromatic heterocycles. The largest absolute Gasteiger partial charge is 0.481 e. The molecule has 0 atom stereocenters. The molecule has 4 aromatic rings. The van der Waals surface area contributed by atoms with Crippen LogP contribution >= 0.6 is 0 Å². The highest BCUT2D eigenvalue weighted by molar-refractivity contribution is 5.87. The zero-order chi connectivity index (χ0) is 24.7. The second-order valence-electron chi connectivity index (χ2n) is 8.29. The van der Waals surface area contributed by atoms with Gasteiger partial charge in [-0.2, -0.15) is 4.68 Å². The lowest BCUT2D eigenvalue weighted by atomic mass is 9.97. The first-order chi connectivity index (χ1) is 16.2. The standard InChI is InChI=1S/C24H26FN5O4/c1-6-28-21(12-31)27-30(24(28)33)20-8-15-16(7-18(20)25)23(32)29(11-17(15)13(2)3)19-9-22(34-5)26-10-14(19)4/h7-11,13,31H,6,12H2,1-5H3. The minimum Gasteiger partial charge on any atom is -0.481 e. The summed E-state index contributed by atoms with van der Waals surface area (Å²) in [6.07, 6.45) is 3.34. The number of halogens is 1. The number of hydrogen-bond acceptors (Lipinski definition) is 6. The van der Waals surface area contributed by atoms with Gasteiger partial charge in [-0.25, -0.2) is 14.2 Å². The lowest BCUT2D eigenvalue weighted by Crippen LogP contribution is -2.25. The molecule has 0 aliphatic heterocycles. The average molecular weight is 468 g/mol. The van der Waals surface area contributed by atoms with E-state index in [9.17, 15) is 14.7 Å². The smallest absolute Gasteiger partial charge is 0.350 e. The van der Waals surface area contributed by atoms with Crippen LogP contribution < -0.4 is 16.0 Å². The van der Waals surface area contributed by atoms with Crippen molar-refractivity contribution >= 4 is 10.8 Å². The second kappa shape index (κ2) is 8.86. The minimum atomic E-state index is -0.770. The Morgan fingerprint density at radius 2 is 1.88 bits per heavy atom. The van der Waals surface area contributed by atoms with Crippen LogP contribution in [-0.4, -0.2) is 36.1 Å². The molecule has 0 saturated carbocycles. The minimum absolute atomic E-state index is 0.0189. The SMILES string of the molecule is CCn1c(CO)nn(-c2cc3c(C(C)C)cn(-c4cc(OC)ncc4C)c(=O)c3cc2F)c1=O. The Bertz CT molecular complexity index is 1520. The number of methoxy groups -OCH3 is 1. The van der Waals surface area contributed by atoms with Gasteiger partial charge in [0.05, 0.1) is 18.2 Å². The van der Waals surface area contributed by atoms with Gasteiger partial charge in [0.2, 0.25) is 5.88 Å². The molecular weight excluding hydrogens is 441 g/mol. The van der Waals surface area contributed by atoms with Crippen molar-refractivity contribution in [3.05, 3.63) is 74.2 Å². The monoisotopic (exact) mass is 467 g/mol. The second-order valence-corrected chi connectivity index (χ2v) is 8.29. The van der Waals surface area contributed by atoms with Gasteiger partial charge in [-0.3, -0.25) is 13.9 Å². The lowest BCUT2D eigenvalue weighted by molar-refractivity contribution is 0.264. The molecule has 4 rings (SSSR count). The molecule has 0 saturated heterocycles. The lowest BCUT2D eigenvalue weighted by Gasteiger charge is -2.17. The summed E-state index contributed by atoms with van der Waals surface area (Å²) in [4.78, 5) is 30.4. The molecule has 34 heavy (non-hydrogen) atoms. The fraction of sp³-hybridized carbons (Fsp3) is 0.333. The normalized spacial score (nSPS) is 11.5. The van der Waals surface area contributed by atoms with Crippen molar-refractivity contribution in [3.8, 4) is 17.3 Å². The number of fused-ring (bicyclic) bond motifs is 1. The molecule has 10 heteroatoms. The van der Waals surface area contributed by atoms with E-state index in [1.807, 2.05) is 20.8 Å². The van der Waals surface area contributed by atoms with Crippen LogP contribution in [0.25, 0.3) is 22.1 Å². The molecule has 0 aliphatic carbocycles. The number of aryl methyl sites for hydroxylation is 1. The first kappa shape index (κ1) is 23.4. The van der Waals surface area contributed by atoms with Crippen molar-refractivity contribution in [1.82, 2.24) is 23.9 Å². The number of pyridine rings is 2. The molecule has 0 amide bonds.